The molecule has 0 aliphatic heterocycles. The van der Waals surface area contributed by atoms with Gasteiger partial charge in [-0.1, -0.05) is 41.0 Å². The van der Waals surface area contributed by atoms with Crippen LogP contribution in [0.3, 0.4) is 0 Å². The van der Waals surface area contributed by atoms with E-state index in [-0.39, 0.29) is 0 Å². The summed E-state index contributed by atoms with van der Waals surface area (Å²) in [5, 5.41) is 0. The van der Waals surface area contributed by atoms with E-state index in [1.165, 1.54) is 38.6 Å². The van der Waals surface area contributed by atoms with Crippen molar-refractivity contribution in [1.29, 1.82) is 0 Å². The van der Waals surface area contributed by atoms with Crippen LogP contribution in [-0.2, 0) is 0 Å². The molecule has 0 aromatic heterocycles. The molecule has 2 heteroatoms. The lowest BCUT2D eigenvalue weighted by Crippen LogP contribution is -2.51. The maximum Gasteiger partial charge on any atom is 0.0246 e. The summed E-state index contributed by atoms with van der Waals surface area (Å²) in [7, 11) is 2.27. The predicted molar refractivity (Wildman–Crippen MR) is 85.3 cm³/mol. The average Bonchev–Trinajstić information content (AvgIpc) is 2.36. The molecule has 0 amide bonds. The normalized spacial score (nSPS) is 29.2. The third-order valence-corrected chi connectivity index (χ3v) is 5.51. The van der Waals surface area contributed by atoms with Crippen LogP contribution in [0.15, 0.2) is 0 Å². The molecule has 0 aromatic rings. The molecular formula is C17H36N2. The van der Waals surface area contributed by atoms with Gasteiger partial charge >= 0.3 is 0 Å². The van der Waals surface area contributed by atoms with Crippen molar-refractivity contribution in [1.82, 2.24) is 4.90 Å². The molecule has 0 spiro atoms. The van der Waals surface area contributed by atoms with E-state index in [1.807, 2.05) is 0 Å². The Balaban J connectivity index is 2.60. The minimum Gasteiger partial charge on any atom is -0.326 e. The van der Waals surface area contributed by atoms with Gasteiger partial charge in [-0.15, -0.1) is 0 Å². The lowest BCUT2D eigenvalue weighted by Gasteiger charge is -2.45. The number of hydrogen-bond donors (Lipinski definition) is 1. The van der Waals surface area contributed by atoms with Gasteiger partial charge in [0, 0.05) is 12.1 Å². The number of hydrogen-bond acceptors (Lipinski definition) is 2. The zero-order valence-electron chi connectivity index (χ0n) is 14.1. The summed E-state index contributed by atoms with van der Waals surface area (Å²) >= 11 is 0. The largest absolute Gasteiger partial charge is 0.326 e. The highest BCUT2D eigenvalue weighted by Crippen LogP contribution is 2.41. The molecule has 2 N–H and O–H groups in total. The van der Waals surface area contributed by atoms with E-state index < -0.39 is 0 Å². The average molecular weight is 268 g/mol. The summed E-state index contributed by atoms with van der Waals surface area (Å²) in [5.41, 5.74) is 6.86. The number of likely N-dealkylation sites (N-methyl/N-ethyl adjacent to an activating group) is 1. The number of nitrogens with two attached hydrogens (primary N) is 1. The molecule has 2 nitrogen and oxygen atoms in total. The first-order chi connectivity index (χ1) is 8.77. The molecule has 1 rings (SSSR count). The molecule has 114 valence electrons. The van der Waals surface area contributed by atoms with Crippen LogP contribution in [0.5, 0.6) is 0 Å². The van der Waals surface area contributed by atoms with Crippen LogP contribution in [-0.4, -0.2) is 30.6 Å². The summed E-state index contributed by atoms with van der Waals surface area (Å²) in [6, 6.07) is 0.962. The second-order valence-corrected chi connectivity index (χ2v) is 7.75. The fourth-order valence-corrected chi connectivity index (χ4v) is 3.30. The lowest BCUT2D eigenvalue weighted by molar-refractivity contribution is 0.0710. The second-order valence-electron chi connectivity index (χ2n) is 7.75. The minimum atomic E-state index is 0.376. The van der Waals surface area contributed by atoms with Gasteiger partial charge in [-0.3, -0.25) is 0 Å². The van der Waals surface area contributed by atoms with E-state index in [2.05, 4.69) is 46.6 Å². The van der Waals surface area contributed by atoms with E-state index in [0.717, 1.165) is 11.8 Å². The van der Waals surface area contributed by atoms with E-state index in [0.29, 0.717) is 17.5 Å². The van der Waals surface area contributed by atoms with Crippen LogP contribution in [0.25, 0.3) is 0 Å². The lowest BCUT2D eigenvalue weighted by atomic mass is 9.67. The Morgan fingerprint density at radius 1 is 1.26 bits per heavy atom. The fourth-order valence-electron chi connectivity index (χ4n) is 3.30. The molecule has 1 saturated carbocycles. The summed E-state index contributed by atoms with van der Waals surface area (Å²) in [4.78, 5) is 2.53. The Kier molecular flexibility index (Phi) is 6.32. The molecule has 1 aliphatic rings. The molecule has 0 bridgehead atoms. The molecule has 3 atom stereocenters. The van der Waals surface area contributed by atoms with E-state index in [9.17, 15) is 0 Å². The third-order valence-electron chi connectivity index (χ3n) is 5.51. The van der Waals surface area contributed by atoms with Gasteiger partial charge in [-0.2, -0.15) is 0 Å². The third kappa shape index (κ3) is 4.75. The van der Waals surface area contributed by atoms with Crippen molar-refractivity contribution in [3.8, 4) is 0 Å². The predicted octanol–water partition coefficient (Wildman–Crippen LogP) is 3.90. The molecule has 0 radical (unpaired) electrons. The molecule has 0 heterocycles. The van der Waals surface area contributed by atoms with Crippen molar-refractivity contribution in [3.05, 3.63) is 0 Å². The van der Waals surface area contributed by atoms with Gasteiger partial charge in [0.05, 0.1) is 0 Å². The van der Waals surface area contributed by atoms with Gasteiger partial charge in [0.2, 0.25) is 0 Å². The van der Waals surface area contributed by atoms with Crippen molar-refractivity contribution in [2.75, 3.05) is 13.6 Å². The highest BCUT2D eigenvalue weighted by atomic mass is 15.1. The summed E-state index contributed by atoms with van der Waals surface area (Å²) < 4.78 is 0. The highest BCUT2D eigenvalue weighted by molar-refractivity contribution is 4.92. The number of nitrogens with zero attached hydrogens (tertiary/aromatic N) is 1. The van der Waals surface area contributed by atoms with Crippen LogP contribution >= 0.6 is 0 Å². The monoisotopic (exact) mass is 268 g/mol. The van der Waals surface area contributed by atoms with Crippen molar-refractivity contribution in [2.24, 2.45) is 23.0 Å². The highest BCUT2D eigenvalue weighted by Gasteiger charge is 2.37. The van der Waals surface area contributed by atoms with Gasteiger partial charge in [-0.05, 0) is 56.5 Å². The Hall–Kier alpha value is -0.0800. The quantitative estimate of drug-likeness (QED) is 0.791. The van der Waals surface area contributed by atoms with Crippen LogP contribution in [0.1, 0.15) is 66.7 Å². The van der Waals surface area contributed by atoms with E-state index in [4.69, 9.17) is 5.73 Å². The molecule has 19 heavy (non-hydrogen) atoms. The van der Waals surface area contributed by atoms with Crippen molar-refractivity contribution in [2.45, 2.75) is 78.8 Å². The van der Waals surface area contributed by atoms with Gasteiger partial charge in [-0.25, -0.2) is 0 Å². The Labute approximate surface area is 121 Å². The molecule has 1 aliphatic carbocycles. The maximum absolute atomic E-state index is 6.39. The maximum atomic E-state index is 6.39. The van der Waals surface area contributed by atoms with Crippen molar-refractivity contribution >= 4 is 0 Å². The Morgan fingerprint density at radius 3 is 2.42 bits per heavy atom. The first-order valence-electron chi connectivity index (χ1n) is 8.23. The smallest absolute Gasteiger partial charge is 0.0246 e. The minimum absolute atomic E-state index is 0.376. The van der Waals surface area contributed by atoms with Crippen LogP contribution < -0.4 is 5.73 Å². The molecule has 0 saturated heterocycles. The van der Waals surface area contributed by atoms with Crippen LogP contribution in [0.2, 0.25) is 0 Å². The SMILES string of the molecule is CCC(C)(C)C1CCC(N)C(N(C)CCC(C)C)C1. The van der Waals surface area contributed by atoms with Crippen LogP contribution in [0, 0.1) is 17.3 Å². The van der Waals surface area contributed by atoms with Gasteiger partial charge in [0.15, 0.2) is 0 Å². The standard InChI is InChI=1S/C17H36N2/c1-7-17(4,5)14-8-9-15(18)16(12-14)19(6)11-10-13(2)3/h13-16H,7-12,18H2,1-6H3. The number of rotatable bonds is 6. The Morgan fingerprint density at radius 2 is 1.89 bits per heavy atom. The van der Waals surface area contributed by atoms with Crippen LogP contribution in [0.4, 0.5) is 0 Å². The fraction of sp³-hybridized carbons (Fsp3) is 1.00. The van der Waals surface area contributed by atoms with Gasteiger partial charge in [0.25, 0.3) is 0 Å². The molecule has 3 unspecified atom stereocenters. The van der Waals surface area contributed by atoms with Crippen molar-refractivity contribution in [3.63, 3.8) is 0 Å². The van der Waals surface area contributed by atoms with E-state index >= 15 is 0 Å². The zero-order chi connectivity index (χ0) is 14.6. The summed E-state index contributed by atoms with van der Waals surface area (Å²) in [6.45, 7) is 13.0. The zero-order valence-corrected chi connectivity index (χ0v) is 14.1. The van der Waals surface area contributed by atoms with Gasteiger partial charge < -0.3 is 10.6 Å². The molecule has 1 fully saturated rings. The summed E-state index contributed by atoms with van der Waals surface area (Å²) in [5.74, 6) is 1.62. The first-order valence-corrected chi connectivity index (χ1v) is 8.23. The second kappa shape index (κ2) is 7.08. The molecular weight excluding hydrogens is 232 g/mol. The van der Waals surface area contributed by atoms with Crippen molar-refractivity contribution < 1.29 is 0 Å². The van der Waals surface area contributed by atoms with E-state index in [1.54, 1.807) is 0 Å². The Bertz CT molecular complexity index is 260. The summed E-state index contributed by atoms with van der Waals surface area (Å²) in [6.07, 6.45) is 6.36. The first kappa shape index (κ1) is 17.0. The van der Waals surface area contributed by atoms with Gasteiger partial charge in [0.1, 0.15) is 0 Å². The molecule has 0 aromatic carbocycles. The topological polar surface area (TPSA) is 29.3 Å².